The summed E-state index contributed by atoms with van der Waals surface area (Å²) in [5.41, 5.74) is 0.289. The second-order valence-corrected chi connectivity index (χ2v) is 7.45. The molecule has 0 saturated carbocycles. The molecule has 0 fully saturated rings. The molecular weight excluding hydrogens is 277 g/mol. The molecule has 1 rings (SSSR count). The molecule has 0 saturated heterocycles. The summed E-state index contributed by atoms with van der Waals surface area (Å²) in [5.74, 6) is -0.730. The number of phenols is 1. The Hall–Kier alpha value is -0.490. The summed E-state index contributed by atoms with van der Waals surface area (Å²) in [5, 5.41) is 9.72. The Labute approximate surface area is 115 Å². The lowest BCUT2D eigenvalue weighted by atomic mass is 10.1. The Kier molecular flexibility index (Phi) is 4.89. The maximum atomic E-state index is 13.2. The van der Waals surface area contributed by atoms with Crippen molar-refractivity contribution in [1.29, 1.82) is 0 Å². The van der Waals surface area contributed by atoms with Gasteiger partial charge in [-0.3, -0.25) is 0 Å². The van der Waals surface area contributed by atoms with Crippen LogP contribution in [-0.2, 0) is 11.4 Å². The van der Waals surface area contributed by atoms with Crippen LogP contribution < -0.4 is 4.72 Å². The number of nitrogens with one attached hydrogen (secondary N) is 1. The molecule has 0 spiro atoms. The maximum Gasteiger partial charge on any atom is 0.139 e. The molecule has 0 heterocycles. The lowest BCUT2D eigenvalue weighted by Gasteiger charge is -2.26. The average molecular weight is 294 g/mol. The van der Waals surface area contributed by atoms with E-state index in [1.165, 1.54) is 6.07 Å². The van der Waals surface area contributed by atoms with E-state index < -0.39 is 28.0 Å². The number of rotatable bonds is 3. The van der Waals surface area contributed by atoms with Gasteiger partial charge in [-0.25, -0.2) is 4.39 Å². The molecule has 102 valence electrons. The SMILES string of the molecule is C[C@H](N[S@+]([O-])C(C)(C)C)c1cc(F)cc(Cl)c1O. The van der Waals surface area contributed by atoms with Gasteiger partial charge in [0.05, 0.1) is 11.1 Å². The molecule has 0 radical (unpaired) electrons. The van der Waals surface area contributed by atoms with E-state index in [9.17, 15) is 14.0 Å². The monoisotopic (exact) mass is 293 g/mol. The van der Waals surface area contributed by atoms with E-state index in [-0.39, 0.29) is 16.3 Å². The third-order valence-electron chi connectivity index (χ3n) is 2.36. The minimum atomic E-state index is -1.32. The van der Waals surface area contributed by atoms with Gasteiger partial charge in [0, 0.05) is 16.9 Å². The van der Waals surface area contributed by atoms with Crippen molar-refractivity contribution in [2.75, 3.05) is 0 Å². The zero-order valence-electron chi connectivity index (χ0n) is 10.8. The number of halogens is 2. The van der Waals surface area contributed by atoms with Gasteiger partial charge in [-0.05, 0) is 39.8 Å². The molecule has 2 atom stereocenters. The van der Waals surface area contributed by atoms with Crippen LogP contribution in [0.25, 0.3) is 0 Å². The second kappa shape index (κ2) is 5.65. The Morgan fingerprint density at radius 3 is 2.50 bits per heavy atom. The molecule has 18 heavy (non-hydrogen) atoms. The van der Waals surface area contributed by atoms with E-state index in [0.29, 0.717) is 0 Å². The highest BCUT2D eigenvalue weighted by molar-refractivity contribution is 7.90. The lowest BCUT2D eigenvalue weighted by Crippen LogP contribution is -2.40. The van der Waals surface area contributed by atoms with Crippen molar-refractivity contribution in [3.63, 3.8) is 0 Å². The molecule has 0 amide bonds. The third-order valence-corrected chi connectivity index (χ3v) is 4.33. The van der Waals surface area contributed by atoms with Gasteiger partial charge in [-0.15, -0.1) is 4.72 Å². The third kappa shape index (κ3) is 3.75. The molecule has 1 aromatic rings. The van der Waals surface area contributed by atoms with Gasteiger partial charge >= 0.3 is 0 Å². The zero-order valence-corrected chi connectivity index (χ0v) is 12.3. The first-order valence-corrected chi connectivity index (χ1v) is 7.01. The van der Waals surface area contributed by atoms with Crippen molar-refractivity contribution in [2.45, 2.75) is 38.5 Å². The average Bonchev–Trinajstić information content (AvgIpc) is 2.21. The molecule has 0 aromatic heterocycles. The molecule has 2 N–H and O–H groups in total. The summed E-state index contributed by atoms with van der Waals surface area (Å²) in [6.45, 7) is 7.15. The van der Waals surface area contributed by atoms with Crippen molar-refractivity contribution in [3.8, 4) is 5.75 Å². The van der Waals surface area contributed by atoms with Crippen LogP contribution in [0.2, 0.25) is 5.02 Å². The van der Waals surface area contributed by atoms with E-state index in [0.717, 1.165) is 6.07 Å². The first kappa shape index (κ1) is 15.6. The van der Waals surface area contributed by atoms with Crippen molar-refractivity contribution < 1.29 is 14.0 Å². The number of hydrogen-bond acceptors (Lipinski definition) is 3. The predicted molar refractivity (Wildman–Crippen MR) is 72.5 cm³/mol. The molecule has 1 aromatic carbocycles. The van der Waals surface area contributed by atoms with Crippen molar-refractivity contribution in [3.05, 3.63) is 28.5 Å². The van der Waals surface area contributed by atoms with Crippen LogP contribution in [0.15, 0.2) is 12.1 Å². The predicted octanol–water partition coefficient (Wildman–Crippen LogP) is 3.30. The topological polar surface area (TPSA) is 55.3 Å². The standard InChI is InChI=1S/C12H17ClFNO2S/c1-7(15-18(17)12(2,3)4)9-5-8(14)6-10(13)11(9)16/h5-7,15-16H,1-4H3/t7-,18+/m0/s1. The van der Waals surface area contributed by atoms with E-state index in [4.69, 9.17) is 11.6 Å². The van der Waals surface area contributed by atoms with Gasteiger partial charge in [-0.2, -0.15) is 0 Å². The van der Waals surface area contributed by atoms with Crippen LogP contribution in [0.1, 0.15) is 39.3 Å². The molecule has 3 nitrogen and oxygen atoms in total. The Balaban J connectivity index is 2.95. The van der Waals surface area contributed by atoms with Crippen LogP contribution in [0.3, 0.4) is 0 Å². The second-order valence-electron chi connectivity index (χ2n) is 5.05. The Morgan fingerprint density at radius 1 is 1.44 bits per heavy atom. The van der Waals surface area contributed by atoms with Crippen LogP contribution in [-0.4, -0.2) is 14.4 Å². The van der Waals surface area contributed by atoms with Gasteiger partial charge in [-0.1, -0.05) is 11.6 Å². The van der Waals surface area contributed by atoms with E-state index in [1.54, 1.807) is 6.92 Å². The molecule has 0 aliphatic carbocycles. The summed E-state index contributed by atoms with van der Waals surface area (Å²) in [4.78, 5) is 0. The summed E-state index contributed by atoms with van der Waals surface area (Å²) in [6.07, 6.45) is 0. The number of benzene rings is 1. The van der Waals surface area contributed by atoms with Gasteiger partial charge in [0.2, 0.25) is 0 Å². The minimum absolute atomic E-state index is 0.0554. The maximum absolute atomic E-state index is 13.2. The van der Waals surface area contributed by atoms with E-state index in [1.807, 2.05) is 20.8 Å². The largest absolute Gasteiger partial charge is 0.598 e. The Bertz CT molecular complexity index is 437. The van der Waals surface area contributed by atoms with Crippen LogP contribution in [0, 0.1) is 5.82 Å². The van der Waals surface area contributed by atoms with Gasteiger partial charge < -0.3 is 9.66 Å². The molecular formula is C12H17ClFNO2S. The summed E-state index contributed by atoms with van der Waals surface area (Å²) >= 11 is 4.38. The first-order valence-electron chi connectivity index (χ1n) is 5.49. The highest BCUT2D eigenvalue weighted by Gasteiger charge is 2.29. The van der Waals surface area contributed by atoms with Crippen LogP contribution in [0.5, 0.6) is 5.75 Å². The van der Waals surface area contributed by atoms with Gasteiger partial charge in [0.25, 0.3) is 0 Å². The van der Waals surface area contributed by atoms with E-state index in [2.05, 4.69) is 4.72 Å². The van der Waals surface area contributed by atoms with Gasteiger partial charge in [0.15, 0.2) is 0 Å². The fraction of sp³-hybridized carbons (Fsp3) is 0.500. The van der Waals surface area contributed by atoms with Crippen molar-refractivity contribution >= 4 is 23.0 Å². The molecule has 6 heteroatoms. The quantitative estimate of drug-likeness (QED) is 0.841. The molecule has 0 unspecified atom stereocenters. The molecule has 0 aliphatic rings. The zero-order chi connectivity index (χ0) is 14.1. The highest BCUT2D eigenvalue weighted by atomic mass is 35.5. The van der Waals surface area contributed by atoms with Crippen LogP contribution in [0.4, 0.5) is 4.39 Å². The number of aromatic hydroxyl groups is 1. The fourth-order valence-electron chi connectivity index (χ4n) is 1.32. The van der Waals surface area contributed by atoms with Crippen LogP contribution >= 0.6 is 11.6 Å². The fourth-order valence-corrected chi connectivity index (χ4v) is 2.33. The minimum Gasteiger partial charge on any atom is -0.598 e. The molecule has 0 aliphatic heterocycles. The highest BCUT2D eigenvalue weighted by Crippen LogP contribution is 2.33. The van der Waals surface area contributed by atoms with Crippen molar-refractivity contribution in [2.24, 2.45) is 0 Å². The summed E-state index contributed by atoms with van der Waals surface area (Å²) < 4.78 is 27.5. The normalized spacial score (nSPS) is 15.5. The number of hydrogen-bond donors (Lipinski definition) is 2. The summed E-state index contributed by atoms with van der Waals surface area (Å²) in [7, 11) is 0. The van der Waals surface area contributed by atoms with E-state index >= 15 is 0 Å². The smallest absolute Gasteiger partial charge is 0.139 e. The summed E-state index contributed by atoms with van der Waals surface area (Å²) in [6, 6.07) is 1.74. The van der Waals surface area contributed by atoms with Gasteiger partial charge in [0.1, 0.15) is 16.3 Å². The first-order chi connectivity index (χ1) is 8.12. The van der Waals surface area contributed by atoms with Crippen molar-refractivity contribution in [1.82, 2.24) is 4.72 Å². The number of phenolic OH excluding ortho intramolecular Hbond substituents is 1. The Morgan fingerprint density at radius 2 is 2.00 bits per heavy atom. The lowest BCUT2D eigenvalue weighted by molar-refractivity contribution is 0.456. The molecule has 0 bridgehead atoms.